The van der Waals surface area contributed by atoms with Crippen molar-refractivity contribution in [3.05, 3.63) is 59.9 Å². The minimum Gasteiger partial charge on any atom is -0.479 e. The molecule has 0 atom stereocenters. The Hall–Kier alpha value is -2.62. The lowest BCUT2D eigenvalue weighted by atomic mass is 10.0. The molecule has 0 fully saturated rings. The predicted octanol–water partition coefficient (Wildman–Crippen LogP) is 3.00. The number of carbonyl (C=O) groups is 1. The van der Waals surface area contributed by atoms with Crippen molar-refractivity contribution >= 4 is 16.7 Å². The van der Waals surface area contributed by atoms with Crippen LogP contribution in [-0.2, 0) is 6.42 Å². The molecular weight excluding hydrogens is 252 g/mol. The van der Waals surface area contributed by atoms with E-state index in [-0.39, 0.29) is 5.78 Å². The fourth-order valence-corrected chi connectivity index (χ4v) is 2.29. The molecular formula is C16H14N2O2. The summed E-state index contributed by atoms with van der Waals surface area (Å²) in [4.78, 5) is 19.6. The highest BCUT2D eigenvalue weighted by molar-refractivity contribution is 6.09. The van der Waals surface area contributed by atoms with Gasteiger partial charge in [-0.2, -0.15) is 0 Å². The molecule has 0 saturated heterocycles. The van der Waals surface area contributed by atoms with E-state index < -0.39 is 0 Å². The summed E-state index contributed by atoms with van der Waals surface area (Å²) in [6, 6.07) is 11.5. The van der Waals surface area contributed by atoms with Gasteiger partial charge in [-0.25, -0.2) is 4.98 Å². The smallest absolute Gasteiger partial charge is 0.238 e. The molecule has 0 amide bonds. The van der Waals surface area contributed by atoms with Crippen molar-refractivity contribution in [1.29, 1.82) is 0 Å². The maximum Gasteiger partial charge on any atom is 0.238 e. The summed E-state index contributed by atoms with van der Waals surface area (Å²) in [5.41, 5.74) is 2.43. The zero-order valence-corrected chi connectivity index (χ0v) is 11.1. The molecule has 4 heteroatoms. The summed E-state index contributed by atoms with van der Waals surface area (Å²) in [7, 11) is 1.56. The first-order chi connectivity index (χ1) is 9.79. The summed E-state index contributed by atoms with van der Waals surface area (Å²) in [5, 5.41) is 0.845. The number of methoxy groups -OCH3 is 1. The van der Waals surface area contributed by atoms with Crippen LogP contribution < -0.4 is 4.74 Å². The second-order valence-corrected chi connectivity index (χ2v) is 4.53. The van der Waals surface area contributed by atoms with Crippen LogP contribution in [0.5, 0.6) is 5.88 Å². The van der Waals surface area contributed by atoms with Gasteiger partial charge >= 0.3 is 0 Å². The van der Waals surface area contributed by atoms with Gasteiger partial charge in [-0.05, 0) is 11.6 Å². The van der Waals surface area contributed by atoms with Crippen LogP contribution in [0.15, 0.2) is 48.8 Å². The Morgan fingerprint density at radius 1 is 1.25 bits per heavy atom. The monoisotopic (exact) mass is 266 g/mol. The third-order valence-electron chi connectivity index (χ3n) is 3.27. The number of fused-ring (bicyclic) bond motifs is 1. The maximum absolute atomic E-state index is 12.4. The largest absolute Gasteiger partial charge is 0.479 e. The zero-order chi connectivity index (χ0) is 13.9. The van der Waals surface area contributed by atoms with E-state index in [2.05, 4.69) is 9.97 Å². The number of nitrogens with zero attached hydrogens (tertiary/aromatic N) is 1. The minimum atomic E-state index is 0.0794. The van der Waals surface area contributed by atoms with Crippen molar-refractivity contribution < 1.29 is 9.53 Å². The number of ether oxygens (including phenoxy) is 1. The van der Waals surface area contributed by atoms with E-state index in [4.69, 9.17) is 4.74 Å². The molecule has 1 N–H and O–H groups in total. The van der Waals surface area contributed by atoms with Gasteiger partial charge in [-0.15, -0.1) is 0 Å². The van der Waals surface area contributed by atoms with Gasteiger partial charge in [0.05, 0.1) is 7.11 Å². The Kier molecular flexibility index (Phi) is 3.21. The Morgan fingerprint density at radius 2 is 2.05 bits per heavy atom. The third kappa shape index (κ3) is 2.16. The average molecular weight is 266 g/mol. The first-order valence-corrected chi connectivity index (χ1v) is 6.37. The van der Waals surface area contributed by atoms with E-state index in [0.717, 1.165) is 16.5 Å². The van der Waals surface area contributed by atoms with E-state index in [1.165, 1.54) is 0 Å². The number of aromatic amines is 1. The first kappa shape index (κ1) is 12.4. The van der Waals surface area contributed by atoms with Crippen molar-refractivity contribution in [3.8, 4) is 5.88 Å². The van der Waals surface area contributed by atoms with Crippen molar-refractivity contribution in [3.63, 3.8) is 0 Å². The summed E-state index contributed by atoms with van der Waals surface area (Å²) < 4.78 is 5.19. The van der Waals surface area contributed by atoms with Crippen molar-refractivity contribution in [1.82, 2.24) is 9.97 Å². The molecule has 0 spiro atoms. The normalized spacial score (nSPS) is 10.7. The molecule has 4 nitrogen and oxygen atoms in total. The SMILES string of the molecule is COc1nccc2c(C(=O)Cc3ccccc3)c[nH]c12. The molecule has 0 aliphatic heterocycles. The van der Waals surface area contributed by atoms with Crippen molar-refractivity contribution in [2.24, 2.45) is 0 Å². The average Bonchev–Trinajstić information content (AvgIpc) is 2.92. The van der Waals surface area contributed by atoms with Crippen molar-refractivity contribution in [2.45, 2.75) is 6.42 Å². The Bertz CT molecular complexity index is 748. The molecule has 3 aromatic rings. The highest BCUT2D eigenvalue weighted by atomic mass is 16.5. The van der Waals surface area contributed by atoms with E-state index >= 15 is 0 Å². The van der Waals surface area contributed by atoms with Gasteiger partial charge in [0.2, 0.25) is 5.88 Å². The van der Waals surface area contributed by atoms with E-state index in [1.54, 1.807) is 19.5 Å². The van der Waals surface area contributed by atoms with E-state index in [0.29, 0.717) is 17.9 Å². The molecule has 1 aromatic carbocycles. The second kappa shape index (κ2) is 5.17. The van der Waals surface area contributed by atoms with Crippen LogP contribution in [0, 0.1) is 0 Å². The van der Waals surface area contributed by atoms with Gasteiger partial charge in [-0.1, -0.05) is 30.3 Å². The number of hydrogen-bond donors (Lipinski definition) is 1. The number of benzene rings is 1. The van der Waals surface area contributed by atoms with Crippen LogP contribution in [-0.4, -0.2) is 22.9 Å². The highest BCUT2D eigenvalue weighted by Crippen LogP contribution is 2.25. The lowest BCUT2D eigenvalue weighted by Crippen LogP contribution is -2.02. The Labute approximate surface area is 116 Å². The van der Waals surface area contributed by atoms with E-state index in [1.807, 2.05) is 36.4 Å². The first-order valence-electron chi connectivity index (χ1n) is 6.37. The second-order valence-electron chi connectivity index (χ2n) is 4.53. The van der Waals surface area contributed by atoms with Crippen LogP contribution in [0.3, 0.4) is 0 Å². The fraction of sp³-hybridized carbons (Fsp3) is 0.125. The Morgan fingerprint density at radius 3 is 2.80 bits per heavy atom. The number of H-pyrrole nitrogens is 1. The van der Waals surface area contributed by atoms with Gasteiger partial charge in [0, 0.05) is 29.8 Å². The number of nitrogens with one attached hydrogen (secondary N) is 1. The number of ketones is 1. The van der Waals surface area contributed by atoms with Crippen LogP contribution in [0.2, 0.25) is 0 Å². The van der Waals surface area contributed by atoms with Gasteiger partial charge in [0.1, 0.15) is 5.52 Å². The minimum absolute atomic E-state index is 0.0794. The molecule has 0 bridgehead atoms. The molecule has 2 aromatic heterocycles. The molecule has 0 aliphatic carbocycles. The summed E-state index contributed by atoms with van der Waals surface area (Å²) in [6.45, 7) is 0. The predicted molar refractivity (Wildman–Crippen MR) is 77.1 cm³/mol. The van der Waals surface area contributed by atoms with Crippen LogP contribution in [0.25, 0.3) is 10.9 Å². The Balaban J connectivity index is 1.96. The molecule has 20 heavy (non-hydrogen) atoms. The highest BCUT2D eigenvalue weighted by Gasteiger charge is 2.15. The van der Waals surface area contributed by atoms with Crippen LogP contribution in [0.1, 0.15) is 15.9 Å². The van der Waals surface area contributed by atoms with Gasteiger partial charge in [0.25, 0.3) is 0 Å². The molecule has 0 aliphatic rings. The number of rotatable bonds is 4. The summed E-state index contributed by atoms with van der Waals surface area (Å²) in [6.07, 6.45) is 3.76. The van der Waals surface area contributed by atoms with Gasteiger partial charge < -0.3 is 9.72 Å². The van der Waals surface area contributed by atoms with Gasteiger partial charge in [0.15, 0.2) is 5.78 Å². The molecule has 0 radical (unpaired) electrons. The topological polar surface area (TPSA) is 55.0 Å². The molecule has 3 rings (SSSR count). The van der Waals surface area contributed by atoms with Crippen LogP contribution >= 0.6 is 0 Å². The quantitative estimate of drug-likeness (QED) is 0.738. The zero-order valence-electron chi connectivity index (χ0n) is 11.1. The van der Waals surface area contributed by atoms with E-state index in [9.17, 15) is 4.79 Å². The summed E-state index contributed by atoms with van der Waals surface area (Å²) in [5.74, 6) is 0.581. The van der Waals surface area contributed by atoms with Crippen LogP contribution in [0.4, 0.5) is 0 Å². The van der Waals surface area contributed by atoms with Gasteiger partial charge in [-0.3, -0.25) is 4.79 Å². The lowest BCUT2D eigenvalue weighted by molar-refractivity contribution is 0.0994. The number of hydrogen-bond acceptors (Lipinski definition) is 3. The van der Waals surface area contributed by atoms with Crippen molar-refractivity contribution in [2.75, 3.05) is 7.11 Å². The molecule has 2 heterocycles. The fourth-order valence-electron chi connectivity index (χ4n) is 2.29. The lowest BCUT2D eigenvalue weighted by Gasteiger charge is -2.01. The molecule has 0 unspecified atom stereocenters. The maximum atomic E-state index is 12.4. The number of carbonyl (C=O) groups excluding carboxylic acids is 1. The molecule has 100 valence electrons. The number of Topliss-reactive ketones (excluding diaryl/α,β-unsaturated/α-hetero) is 1. The number of aromatic nitrogens is 2. The number of pyridine rings is 1. The summed E-state index contributed by atoms with van der Waals surface area (Å²) >= 11 is 0. The third-order valence-corrected chi connectivity index (χ3v) is 3.27. The standard InChI is InChI=1S/C16H14N2O2/c1-20-16-15-12(7-8-17-16)13(10-18-15)14(19)9-11-5-3-2-4-6-11/h2-8,10,18H,9H2,1H3. The molecule has 0 saturated carbocycles.